The van der Waals surface area contributed by atoms with E-state index in [1.165, 1.54) is 15.4 Å². The predicted octanol–water partition coefficient (Wildman–Crippen LogP) is 2.97. The van der Waals surface area contributed by atoms with Gasteiger partial charge < -0.3 is 0 Å². The van der Waals surface area contributed by atoms with Gasteiger partial charge in [-0.2, -0.15) is 17.0 Å². The topological polar surface area (TPSA) is 53.5 Å². The van der Waals surface area contributed by atoms with Crippen molar-refractivity contribution in [2.75, 3.05) is 27.2 Å². The van der Waals surface area contributed by atoms with Crippen LogP contribution in [0.25, 0.3) is 0 Å². The molecule has 1 aromatic heterocycles. The van der Waals surface area contributed by atoms with Gasteiger partial charge in [0.2, 0.25) is 0 Å². The molecule has 1 aliphatic heterocycles. The molecule has 5 nitrogen and oxygen atoms in total. The van der Waals surface area contributed by atoms with Crippen molar-refractivity contribution < 1.29 is 8.42 Å². The van der Waals surface area contributed by atoms with Crippen molar-refractivity contribution in [3.8, 4) is 0 Å². The Morgan fingerprint density at radius 2 is 1.96 bits per heavy atom. The zero-order valence-corrected chi connectivity index (χ0v) is 16.5. The van der Waals surface area contributed by atoms with Gasteiger partial charge in [0.05, 0.1) is 0 Å². The van der Waals surface area contributed by atoms with E-state index in [4.69, 9.17) is 4.98 Å². The van der Waals surface area contributed by atoms with Crippen LogP contribution in [0.1, 0.15) is 41.3 Å². The maximum atomic E-state index is 12.4. The summed E-state index contributed by atoms with van der Waals surface area (Å²) >= 11 is 0. The Bertz CT molecular complexity index is 865. The fourth-order valence-electron chi connectivity index (χ4n) is 3.48. The second-order valence-corrected chi connectivity index (χ2v) is 9.35. The summed E-state index contributed by atoms with van der Waals surface area (Å²) in [6.45, 7) is 3.18. The largest absolute Gasteiger partial charge is 0.281 e. The minimum absolute atomic E-state index is 0.149. The molecule has 3 rings (SSSR count). The molecule has 0 bridgehead atoms. The number of hydrogen-bond donors (Lipinski definition) is 0. The number of aryl methyl sites for hydroxylation is 1. The van der Waals surface area contributed by atoms with Gasteiger partial charge in [-0.1, -0.05) is 35.9 Å². The Morgan fingerprint density at radius 1 is 1.19 bits per heavy atom. The summed E-state index contributed by atoms with van der Waals surface area (Å²) in [6.07, 6.45) is 2.63. The number of aromatic nitrogens is 1. The number of rotatable bonds is 5. The molecule has 140 valence electrons. The molecule has 2 heterocycles. The number of nitrogens with zero attached hydrogens (tertiary/aromatic N) is 3. The molecule has 1 atom stereocenters. The maximum absolute atomic E-state index is 12.4. The van der Waals surface area contributed by atoms with Crippen LogP contribution in [0.5, 0.6) is 0 Å². The molecule has 26 heavy (non-hydrogen) atoms. The van der Waals surface area contributed by atoms with Crippen LogP contribution in [0, 0.1) is 6.92 Å². The van der Waals surface area contributed by atoms with E-state index in [1.54, 1.807) is 18.4 Å². The molecule has 1 saturated heterocycles. The highest BCUT2D eigenvalue weighted by Crippen LogP contribution is 2.28. The van der Waals surface area contributed by atoms with Crippen molar-refractivity contribution in [1.82, 2.24) is 13.6 Å². The van der Waals surface area contributed by atoms with Crippen LogP contribution >= 0.6 is 0 Å². The zero-order valence-electron chi connectivity index (χ0n) is 15.7. The maximum Gasteiger partial charge on any atom is 0.281 e. The summed E-state index contributed by atoms with van der Waals surface area (Å²) < 4.78 is 27.7. The van der Waals surface area contributed by atoms with E-state index in [1.807, 2.05) is 18.2 Å². The Hall–Kier alpha value is -1.76. The lowest BCUT2D eigenvalue weighted by molar-refractivity contribution is 0.296. The molecular formula is C20H27N3O2S. The second kappa shape index (κ2) is 7.86. The smallest absolute Gasteiger partial charge is 0.257 e. The van der Waals surface area contributed by atoms with E-state index in [2.05, 4.69) is 31.2 Å². The van der Waals surface area contributed by atoms with Crippen molar-refractivity contribution in [3.63, 3.8) is 0 Å². The first-order valence-corrected chi connectivity index (χ1v) is 10.4. The number of hydrogen-bond acceptors (Lipinski definition) is 3. The third-order valence-electron chi connectivity index (χ3n) is 4.89. The van der Waals surface area contributed by atoms with E-state index in [0.29, 0.717) is 13.1 Å². The zero-order chi connectivity index (χ0) is 18.7. The van der Waals surface area contributed by atoms with Crippen molar-refractivity contribution in [2.45, 2.75) is 32.1 Å². The lowest BCUT2D eigenvalue weighted by Gasteiger charge is -2.33. The molecule has 2 aromatic rings. The molecule has 1 unspecified atom stereocenters. The van der Waals surface area contributed by atoms with Gasteiger partial charge in [0, 0.05) is 50.9 Å². The Balaban J connectivity index is 1.77. The van der Waals surface area contributed by atoms with Crippen LogP contribution in [-0.2, 0) is 16.6 Å². The van der Waals surface area contributed by atoms with Crippen molar-refractivity contribution in [1.29, 1.82) is 0 Å². The lowest BCUT2D eigenvalue weighted by atomic mass is 9.95. The first-order valence-electron chi connectivity index (χ1n) is 9.05. The average Bonchev–Trinajstić information content (AvgIpc) is 2.62. The number of benzene rings is 1. The van der Waals surface area contributed by atoms with Crippen LogP contribution < -0.4 is 0 Å². The van der Waals surface area contributed by atoms with Gasteiger partial charge in [0.15, 0.2) is 0 Å². The SMILES string of the molecule is Cc1cccc(Cc2cccc(C3CCCN(S(=O)(=O)N(C)C)C3)n2)c1. The summed E-state index contributed by atoms with van der Waals surface area (Å²) in [6, 6.07) is 14.6. The van der Waals surface area contributed by atoms with Crippen LogP contribution in [0.2, 0.25) is 0 Å². The van der Waals surface area contributed by atoms with Gasteiger partial charge in [-0.25, -0.2) is 0 Å². The molecule has 6 heteroatoms. The Morgan fingerprint density at radius 3 is 2.69 bits per heavy atom. The van der Waals surface area contributed by atoms with Crippen LogP contribution in [-0.4, -0.2) is 49.2 Å². The Kier molecular flexibility index (Phi) is 5.75. The van der Waals surface area contributed by atoms with Crippen molar-refractivity contribution in [2.24, 2.45) is 0 Å². The first-order chi connectivity index (χ1) is 12.4. The number of pyridine rings is 1. The average molecular weight is 374 g/mol. The Labute approximate surface area is 156 Å². The highest BCUT2D eigenvalue weighted by Gasteiger charge is 2.31. The van der Waals surface area contributed by atoms with Gasteiger partial charge >= 0.3 is 0 Å². The van der Waals surface area contributed by atoms with E-state index >= 15 is 0 Å². The first kappa shape index (κ1) is 19.0. The molecule has 1 fully saturated rings. The van der Waals surface area contributed by atoms with Gasteiger partial charge in [0.1, 0.15) is 0 Å². The molecule has 1 aromatic carbocycles. The summed E-state index contributed by atoms with van der Waals surface area (Å²) in [5, 5.41) is 0. The minimum atomic E-state index is -3.37. The summed E-state index contributed by atoms with van der Waals surface area (Å²) in [7, 11) is -0.199. The van der Waals surface area contributed by atoms with E-state index in [-0.39, 0.29) is 5.92 Å². The lowest BCUT2D eigenvalue weighted by Crippen LogP contribution is -2.45. The molecule has 0 aliphatic carbocycles. The molecule has 0 spiro atoms. The van der Waals surface area contributed by atoms with E-state index < -0.39 is 10.2 Å². The molecule has 0 radical (unpaired) electrons. The second-order valence-electron chi connectivity index (χ2n) is 7.21. The van der Waals surface area contributed by atoms with Crippen LogP contribution in [0.3, 0.4) is 0 Å². The standard InChI is InChI=1S/C20H27N3O2S/c1-16-7-4-8-17(13-16)14-19-10-5-11-20(21-19)18-9-6-12-23(15-18)26(24,25)22(2)3/h4-5,7-8,10-11,13,18H,6,9,12,14-15H2,1-3H3. The molecule has 0 N–H and O–H groups in total. The quantitative estimate of drug-likeness (QED) is 0.810. The monoisotopic (exact) mass is 373 g/mol. The summed E-state index contributed by atoms with van der Waals surface area (Å²) in [5.74, 6) is 0.149. The molecule has 0 saturated carbocycles. The molecular weight excluding hydrogens is 346 g/mol. The van der Waals surface area contributed by atoms with Gasteiger partial charge in [-0.15, -0.1) is 0 Å². The molecule has 1 aliphatic rings. The summed E-state index contributed by atoms with van der Waals surface area (Å²) in [5.41, 5.74) is 4.51. The minimum Gasteiger partial charge on any atom is -0.257 e. The van der Waals surface area contributed by atoms with Gasteiger partial charge in [-0.05, 0) is 37.5 Å². The van der Waals surface area contributed by atoms with Crippen molar-refractivity contribution in [3.05, 3.63) is 65.0 Å². The summed E-state index contributed by atoms with van der Waals surface area (Å²) in [4.78, 5) is 4.85. The van der Waals surface area contributed by atoms with Crippen LogP contribution in [0.4, 0.5) is 0 Å². The third kappa shape index (κ3) is 4.31. The van der Waals surface area contributed by atoms with Crippen LogP contribution in [0.15, 0.2) is 42.5 Å². The van der Waals surface area contributed by atoms with Gasteiger partial charge in [-0.3, -0.25) is 4.98 Å². The highest BCUT2D eigenvalue weighted by atomic mass is 32.2. The van der Waals surface area contributed by atoms with Crippen molar-refractivity contribution >= 4 is 10.2 Å². The van der Waals surface area contributed by atoms with E-state index in [9.17, 15) is 8.42 Å². The normalized spacial score (nSPS) is 19.0. The predicted molar refractivity (Wildman–Crippen MR) is 104 cm³/mol. The fraction of sp³-hybridized carbons (Fsp3) is 0.450. The molecule has 0 amide bonds. The number of piperidine rings is 1. The highest BCUT2D eigenvalue weighted by molar-refractivity contribution is 7.86. The van der Waals surface area contributed by atoms with E-state index in [0.717, 1.165) is 30.7 Å². The van der Waals surface area contributed by atoms with Gasteiger partial charge in [0.25, 0.3) is 10.2 Å². The fourth-order valence-corrected chi connectivity index (χ4v) is 4.67. The third-order valence-corrected chi connectivity index (χ3v) is 6.79.